The van der Waals surface area contributed by atoms with Crippen molar-refractivity contribution in [3.8, 4) is 0 Å². The number of rotatable bonds is 2. The Balaban J connectivity index is 2.51. The minimum Gasteiger partial charge on any atom is -0.466 e. The summed E-state index contributed by atoms with van der Waals surface area (Å²) in [7, 11) is 1.18. The highest BCUT2D eigenvalue weighted by Crippen LogP contribution is 2.36. The number of allylic oxidation sites excluding steroid dienone is 1. The van der Waals surface area contributed by atoms with Gasteiger partial charge in [0.15, 0.2) is 0 Å². The van der Waals surface area contributed by atoms with Gasteiger partial charge in [0.1, 0.15) is 0 Å². The lowest BCUT2D eigenvalue weighted by molar-refractivity contribution is -0.137. The second-order valence-corrected chi connectivity index (χ2v) is 4.96. The lowest BCUT2D eigenvalue weighted by Gasteiger charge is -2.26. The van der Waals surface area contributed by atoms with Crippen molar-refractivity contribution in [2.75, 3.05) is 7.11 Å². The SMILES string of the molecule is COC(=O)C1=C(C)NC(=O)C[C@H]1c1cccc(C(F)(F)F)c1. The van der Waals surface area contributed by atoms with Crippen LogP contribution >= 0.6 is 0 Å². The Kier molecular flexibility index (Phi) is 4.25. The Hall–Kier alpha value is -2.31. The van der Waals surface area contributed by atoms with Gasteiger partial charge in [0.25, 0.3) is 0 Å². The van der Waals surface area contributed by atoms with Crippen LogP contribution < -0.4 is 5.32 Å². The first-order valence-electron chi connectivity index (χ1n) is 6.50. The average molecular weight is 313 g/mol. The fourth-order valence-electron chi connectivity index (χ4n) is 2.50. The van der Waals surface area contributed by atoms with Crippen molar-refractivity contribution in [1.82, 2.24) is 5.32 Å². The zero-order valence-electron chi connectivity index (χ0n) is 12.0. The molecule has 1 N–H and O–H groups in total. The summed E-state index contributed by atoms with van der Waals surface area (Å²) in [6.07, 6.45) is -4.60. The second-order valence-electron chi connectivity index (χ2n) is 4.96. The van der Waals surface area contributed by atoms with E-state index in [1.807, 2.05) is 0 Å². The molecule has 1 aliphatic heterocycles. The molecule has 0 bridgehead atoms. The first-order valence-corrected chi connectivity index (χ1v) is 6.50. The minimum absolute atomic E-state index is 0.108. The summed E-state index contributed by atoms with van der Waals surface area (Å²) < 4.78 is 43.2. The molecule has 4 nitrogen and oxygen atoms in total. The predicted molar refractivity (Wildman–Crippen MR) is 71.7 cm³/mol. The fourth-order valence-corrected chi connectivity index (χ4v) is 2.50. The van der Waals surface area contributed by atoms with Crippen molar-refractivity contribution >= 4 is 11.9 Å². The molecule has 2 rings (SSSR count). The monoisotopic (exact) mass is 313 g/mol. The number of amides is 1. The van der Waals surface area contributed by atoms with E-state index in [-0.39, 0.29) is 23.5 Å². The van der Waals surface area contributed by atoms with Crippen LogP contribution in [0.3, 0.4) is 0 Å². The van der Waals surface area contributed by atoms with E-state index in [2.05, 4.69) is 10.1 Å². The highest BCUT2D eigenvalue weighted by Gasteiger charge is 2.35. The Morgan fingerprint density at radius 3 is 2.64 bits per heavy atom. The average Bonchev–Trinajstić information content (AvgIpc) is 2.45. The molecule has 1 aliphatic rings. The lowest BCUT2D eigenvalue weighted by Crippen LogP contribution is -2.34. The number of halogens is 3. The number of hydrogen-bond acceptors (Lipinski definition) is 3. The van der Waals surface area contributed by atoms with Gasteiger partial charge in [0.2, 0.25) is 5.91 Å². The van der Waals surface area contributed by atoms with Crippen molar-refractivity contribution in [3.05, 3.63) is 46.7 Å². The summed E-state index contributed by atoms with van der Waals surface area (Å²) in [5.41, 5.74) is -0.103. The standard InChI is InChI=1S/C15H14F3NO3/c1-8-13(14(21)22-2)11(7-12(20)19-8)9-4-3-5-10(6-9)15(16,17)18/h3-6,11H,7H2,1-2H3,(H,19,20)/t11-/m0/s1. The normalized spacial score (nSPS) is 19.0. The molecule has 0 saturated carbocycles. The van der Waals surface area contributed by atoms with Crippen LogP contribution in [0.2, 0.25) is 0 Å². The smallest absolute Gasteiger partial charge is 0.416 e. The molecule has 0 unspecified atom stereocenters. The van der Waals surface area contributed by atoms with E-state index >= 15 is 0 Å². The summed E-state index contributed by atoms with van der Waals surface area (Å²) >= 11 is 0. The second kappa shape index (κ2) is 5.82. The number of carbonyl (C=O) groups excluding carboxylic acids is 2. The Morgan fingerprint density at radius 2 is 2.05 bits per heavy atom. The van der Waals surface area contributed by atoms with Gasteiger partial charge in [-0.3, -0.25) is 4.79 Å². The molecule has 1 aromatic rings. The number of esters is 1. The molecule has 0 aliphatic carbocycles. The Morgan fingerprint density at radius 1 is 1.36 bits per heavy atom. The van der Waals surface area contributed by atoms with E-state index in [1.54, 1.807) is 0 Å². The van der Waals surface area contributed by atoms with Crippen LogP contribution in [0.15, 0.2) is 35.5 Å². The number of ether oxygens (including phenoxy) is 1. The number of carbonyl (C=O) groups is 2. The molecule has 0 radical (unpaired) electrons. The molecular weight excluding hydrogens is 299 g/mol. The molecule has 1 amide bonds. The van der Waals surface area contributed by atoms with Gasteiger partial charge in [-0.15, -0.1) is 0 Å². The van der Waals surface area contributed by atoms with E-state index < -0.39 is 23.6 Å². The molecule has 0 spiro atoms. The lowest BCUT2D eigenvalue weighted by atomic mass is 9.84. The molecule has 7 heteroatoms. The van der Waals surface area contributed by atoms with Gasteiger partial charge >= 0.3 is 12.1 Å². The van der Waals surface area contributed by atoms with Gasteiger partial charge in [-0.1, -0.05) is 18.2 Å². The van der Waals surface area contributed by atoms with E-state index in [0.29, 0.717) is 5.70 Å². The fraction of sp³-hybridized carbons (Fsp3) is 0.333. The van der Waals surface area contributed by atoms with Gasteiger partial charge < -0.3 is 10.1 Å². The van der Waals surface area contributed by atoms with Crippen molar-refractivity contribution < 1.29 is 27.5 Å². The van der Waals surface area contributed by atoms with Crippen molar-refractivity contribution in [1.29, 1.82) is 0 Å². The third-order valence-corrected chi connectivity index (χ3v) is 3.49. The number of hydrogen-bond donors (Lipinski definition) is 1. The number of alkyl halides is 3. The molecule has 22 heavy (non-hydrogen) atoms. The van der Waals surface area contributed by atoms with Gasteiger partial charge in [0.05, 0.1) is 18.2 Å². The summed E-state index contributed by atoms with van der Waals surface area (Å²) in [5, 5.41) is 2.51. The maximum absolute atomic E-state index is 12.8. The van der Waals surface area contributed by atoms with Crippen LogP contribution in [0.5, 0.6) is 0 Å². The number of benzene rings is 1. The number of methoxy groups -OCH3 is 1. The van der Waals surface area contributed by atoms with E-state index in [1.165, 1.54) is 26.2 Å². The summed E-state index contributed by atoms with van der Waals surface area (Å²) in [6.45, 7) is 1.52. The summed E-state index contributed by atoms with van der Waals surface area (Å²) in [6, 6.07) is 4.63. The van der Waals surface area contributed by atoms with Gasteiger partial charge in [-0.05, 0) is 18.6 Å². The Bertz CT molecular complexity index is 650. The first kappa shape index (κ1) is 16.1. The first-order chi connectivity index (χ1) is 10.2. The maximum atomic E-state index is 12.8. The topological polar surface area (TPSA) is 55.4 Å². The van der Waals surface area contributed by atoms with Crippen molar-refractivity contribution in [3.63, 3.8) is 0 Å². The highest BCUT2D eigenvalue weighted by atomic mass is 19.4. The highest BCUT2D eigenvalue weighted by molar-refractivity contribution is 5.95. The van der Waals surface area contributed by atoms with Crippen LogP contribution in [0.4, 0.5) is 13.2 Å². The van der Waals surface area contributed by atoms with Crippen LogP contribution in [-0.2, 0) is 20.5 Å². The quantitative estimate of drug-likeness (QED) is 0.854. The molecule has 0 aromatic heterocycles. The molecular formula is C15H14F3NO3. The molecule has 1 heterocycles. The van der Waals surface area contributed by atoms with Crippen LogP contribution in [0.1, 0.15) is 30.4 Å². The third kappa shape index (κ3) is 3.13. The largest absolute Gasteiger partial charge is 0.466 e. The zero-order valence-corrected chi connectivity index (χ0v) is 12.0. The van der Waals surface area contributed by atoms with E-state index in [0.717, 1.165) is 12.1 Å². The zero-order chi connectivity index (χ0) is 16.5. The van der Waals surface area contributed by atoms with Crippen molar-refractivity contribution in [2.24, 2.45) is 0 Å². The summed E-state index contributed by atoms with van der Waals surface area (Å²) in [4.78, 5) is 23.6. The molecule has 118 valence electrons. The molecule has 1 atom stereocenters. The predicted octanol–water partition coefficient (Wildman–Crippen LogP) is 2.76. The maximum Gasteiger partial charge on any atom is 0.416 e. The molecule has 0 saturated heterocycles. The van der Waals surface area contributed by atoms with Crippen LogP contribution in [0, 0.1) is 0 Å². The molecule has 0 fully saturated rings. The van der Waals surface area contributed by atoms with E-state index in [4.69, 9.17) is 0 Å². The Labute approximate surface area is 125 Å². The van der Waals surface area contributed by atoms with Crippen LogP contribution in [0.25, 0.3) is 0 Å². The number of nitrogens with one attached hydrogen (secondary N) is 1. The summed E-state index contributed by atoms with van der Waals surface area (Å²) in [5.74, 6) is -1.78. The molecule has 1 aromatic carbocycles. The van der Waals surface area contributed by atoms with Gasteiger partial charge in [0, 0.05) is 18.0 Å². The van der Waals surface area contributed by atoms with E-state index in [9.17, 15) is 22.8 Å². The van der Waals surface area contributed by atoms with Crippen LogP contribution in [-0.4, -0.2) is 19.0 Å². The van der Waals surface area contributed by atoms with Crippen molar-refractivity contribution in [2.45, 2.75) is 25.4 Å². The third-order valence-electron chi connectivity index (χ3n) is 3.49. The van der Waals surface area contributed by atoms with Gasteiger partial charge in [-0.2, -0.15) is 13.2 Å². The van der Waals surface area contributed by atoms with Gasteiger partial charge in [-0.25, -0.2) is 4.79 Å². The minimum atomic E-state index is -4.49.